The quantitative estimate of drug-likeness (QED) is 0.691. The SMILES string of the molecule is CCCCCC[C@H](CC)C(=O)Nc1ccc(-n2nn[nH]c2=O)cc1. The van der Waals surface area contributed by atoms with Crippen LogP contribution in [0.15, 0.2) is 29.1 Å². The van der Waals surface area contributed by atoms with E-state index in [1.807, 2.05) is 6.92 Å². The van der Waals surface area contributed by atoms with Crippen LogP contribution in [0, 0.1) is 5.92 Å². The van der Waals surface area contributed by atoms with E-state index in [4.69, 9.17) is 0 Å². The van der Waals surface area contributed by atoms with Crippen molar-refractivity contribution in [3.05, 3.63) is 34.7 Å². The molecule has 0 spiro atoms. The van der Waals surface area contributed by atoms with Crippen LogP contribution in [0.2, 0.25) is 0 Å². The molecule has 1 heterocycles. The Labute approximate surface area is 141 Å². The topological polar surface area (TPSA) is 92.7 Å². The summed E-state index contributed by atoms with van der Waals surface area (Å²) in [5, 5.41) is 12.3. The largest absolute Gasteiger partial charge is 0.365 e. The van der Waals surface area contributed by atoms with Crippen molar-refractivity contribution in [2.24, 2.45) is 5.92 Å². The average Bonchev–Trinajstić information content (AvgIpc) is 3.01. The molecular weight excluding hydrogens is 306 g/mol. The van der Waals surface area contributed by atoms with Gasteiger partial charge in [0.1, 0.15) is 0 Å². The smallest absolute Gasteiger partial charge is 0.326 e. The number of nitrogens with one attached hydrogen (secondary N) is 2. The number of aromatic nitrogens is 4. The van der Waals surface area contributed by atoms with Gasteiger partial charge in [-0.15, -0.1) is 0 Å². The van der Waals surface area contributed by atoms with Gasteiger partial charge in [-0.1, -0.05) is 39.5 Å². The molecule has 0 bridgehead atoms. The van der Waals surface area contributed by atoms with E-state index < -0.39 is 5.69 Å². The number of carbonyl (C=O) groups excluding carboxylic acids is 1. The predicted octanol–water partition coefficient (Wildman–Crippen LogP) is 2.89. The average molecular weight is 331 g/mol. The first-order valence-corrected chi connectivity index (χ1v) is 8.57. The Morgan fingerprint density at radius 1 is 1.21 bits per heavy atom. The number of unbranched alkanes of at least 4 members (excludes halogenated alkanes) is 3. The third-order valence-electron chi connectivity index (χ3n) is 4.12. The number of H-pyrrole nitrogens is 1. The Hall–Kier alpha value is -2.44. The van der Waals surface area contributed by atoms with Crippen LogP contribution in [0.1, 0.15) is 52.4 Å². The Morgan fingerprint density at radius 2 is 1.96 bits per heavy atom. The summed E-state index contributed by atoms with van der Waals surface area (Å²) in [5.41, 5.74) is 0.913. The fraction of sp³-hybridized carbons (Fsp3) is 0.529. The first-order chi connectivity index (χ1) is 11.7. The second-order valence-electron chi connectivity index (χ2n) is 5.91. The molecule has 1 amide bonds. The van der Waals surface area contributed by atoms with Gasteiger partial charge < -0.3 is 5.32 Å². The van der Waals surface area contributed by atoms with Crippen LogP contribution in [0.4, 0.5) is 5.69 Å². The van der Waals surface area contributed by atoms with Crippen LogP contribution in [0.3, 0.4) is 0 Å². The highest BCUT2D eigenvalue weighted by atomic mass is 16.2. The summed E-state index contributed by atoms with van der Waals surface area (Å²) >= 11 is 0. The molecule has 0 aliphatic carbocycles. The van der Waals surface area contributed by atoms with Crippen LogP contribution in [0.5, 0.6) is 0 Å². The minimum Gasteiger partial charge on any atom is -0.326 e. The highest BCUT2D eigenvalue weighted by Gasteiger charge is 2.16. The number of amides is 1. The maximum atomic E-state index is 12.4. The lowest BCUT2D eigenvalue weighted by atomic mass is 9.97. The van der Waals surface area contributed by atoms with Crippen LogP contribution in [0.25, 0.3) is 5.69 Å². The molecule has 130 valence electrons. The Morgan fingerprint density at radius 3 is 2.54 bits per heavy atom. The van der Waals surface area contributed by atoms with Gasteiger partial charge in [0.15, 0.2) is 0 Å². The molecule has 0 fully saturated rings. The van der Waals surface area contributed by atoms with Crippen molar-refractivity contribution < 1.29 is 4.79 Å². The molecule has 1 atom stereocenters. The van der Waals surface area contributed by atoms with E-state index in [1.54, 1.807) is 24.3 Å². The summed E-state index contributed by atoms with van der Waals surface area (Å²) < 4.78 is 1.16. The van der Waals surface area contributed by atoms with Crippen molar-refractivity contribution in [2.45, 2.75) is 52.4 Å². The van der Waals surface area contributed by atoms with E-state index in [2.05, 4.69) is 27.8 Å². The first-order valence-electron chi connectivity index (χ1n) is 8.57. The maximum absolute atomic E-state index is 12.4. The molecule has 1 aromatic heterocycles. The lowest BCUT2D eigenvalue weighted by molar-refractivity contribution is -0.120. The van der Waals surface area contributed by atoms with E-state index in [0.29, 0.717) is 11.4 Å². The molecule has 24 heavy (non-hydrogen) atoms. The number of benzene rings is 1. The molecule has 2 N–H and O–H groups in total. The standard InChI is InChI=1S/C17H25N5O2/c1-3-5-6-7-8-13(4-2)16(23)18-14-9-11-15(12-10-14)22-17(24)19-20-21-22/h9-13H,3-8H2,1-2H3,(H,18,23)(H,19,21,24)/t13-/m0/s1. The fourth-order valence-corrected chi connectivity index (χ4v) is 2.64. The second-order valence-corrected chi connectivity index (χ2v) is 5.91. The number of nitrogens with zero attached hydrogens (tertiary/aromatic N) is 3. The van der Waals surface area contributed by atoms with Gasteiger partial charge >= 0.3 is 5.69 Å². The molecule has 0 saturated carbocycles. The molecule has 7 heteroatoms. The van der Waals surface area contributed by atoms with Gasteiger partial charge in [-0.25, -0.2) is 9.89 Å². The molecule has 2 rings (SSSR count). The highest BCUT2D eigenvalue weighted by molar-refractivity contribution is 5.92. The van der Waals surface area contributed by atoms with Crippen molar-refractivity contribution in [3.8, 4) is 5.69 Å². The minimum absolute atomic E-state index is 0.0414. The number of hydrogen-bond donors (Lipinski definition) is 2. The lowest BCUT2D eigenvalue weighted by Gasteiger charge is -2.15. The molecule has 2 aromatic rings. The third-order valence-corrected chi connectivity index (χ3v) is 4.12. The van der Waals surface area contributed by atoms with Crippen LogP contribution in [-0.4, -0.2) is 26.1 Å². The summed E-state index contributed by atoms with van der Waals surface area (Å²) in [4.78, 5) is 23.9. The number of rotatable bonds is 9. The van der Waals surface area contributed by atoms with Gasteiger partial charge in [-0.2, -0.15) is 4.68 Å². The maximum Gasteiger partial charge on any atom is 0.365 e. The Bertz CT molecular complexity index is 690. The molecule has 0 radical (unpaired) electrons. The van der Waals surface area contributed by atoms with Crippen LogP contribution >= 0.6 is 0 Å². The van der Waals surface area contributed by atoms with E-state index >= 15 is 0 Å². The first kappa shape index (κ1) is 17.9. The van der Waals surface area contributed by atoms with E-state index in [-0.39, 0.29) is 11.8 Å². The van der Waals surface area contributed by atoms with Gasteiger partial charge in [0.2, 0.25) is 5.91 Å². The molecular formula is C17H25N5O2. The molecule has 0 saturated heterocycles. The summed E-state index contributed by atoms with van der Waals surface area (Å²) in [6.45, 7) is 4.23. The monoisotopic (exact) mass is 331 g/mol. The van der Waals surface area contributed by atoms with Gasteiger partial charge in [0.05, 0.1) is 5.69 Å². The van der Waals surface area contributed by atoms with Gasteiger partial charge in [0.25, 0.3) is 0 Å². The molecule has 7 nitrogen and oxygen atoms in total. The van der Waals surface area contributed by atoms with E-state index in [1.165, 1.54) is 19.3 Å². The zero-order chi connectivity index (χ0) is 17.4. The van der Waals surface area contributed by atoms with Gasteiger partial charge in [-0.3, -0.25) is 4.79 Å². The molecule has 0 unspecified atom stereocenters. The van der Waals surface area contributed by atoms with E-state index in [0.717, 1.165) is 23.9 Å². The molecule has 0 aliphatic rings. The third kappa shape index (κ3) is 4.78. The second kappa shape index (κ2) is 9.00. The molecule has 1 aromatic carbocycles. The number of hydrogen-bond acceptors (Lipinski definition) is 4. The number of anilines is 1. The number of tetrazole rings is 1. The van der Waals surface area contributed by atoms with Crippen molar-refractivity contribution >= 4 is 11.6 Å². The van der Waals surface area contributed by atoms with Crippen molar-refractivity contribution in [1.29, 1.82) is 0 Å². The van der Waals surface area contributed by atoms with Gasteiger partial charge in [0, 0.05) is 11.6 Å². The van der Waals surface area contributed by atoms with Gasteiger partial charge in [-0.05, 0) is 47.5 Å². The van der Waals surface area contributed by atoms with Crippen LogP contribution in [-0.2, 0) is 4.79 Å². The highest BCUT2D eigenvalue weighted by Crippen LogP contribution is 2.18. The predicted molar refractivity (Wildman–Crippen MR) is 93.1 cm³/mol. The van der Waals surface area contributed by atoms with E-state index in [9.17, 15) is 9.59 Å². The van der Waals surface area contributed by atoms with Crippen molar-refractivity contribution in [1.82, 2.24) is 20.2 Å². The zero-order valence-electron chi connectivity index (χ0n) is 14.3. The summed E-state index contributed by atoms with van der Waals surface area (Å²) in [5.74, 6) is 0.0973. The Kier molecular flexibility index (Phi) is 6.72. The fourth-order valence-electron chi connectivity index (χ4n) is 2.64. The molecule has 0 aliphatic heterocycles. The number of carbonyl (C=O) groups is 1. The number of aromatic amines is 1. The lowest BCUT2D eigenvalue weighted by Crippen LogP contribution is -2.22. The summed E-state index contributed by atoms with van der Waals surface area (Å²) in [7, 11) is 0. The Balaban J connectivity index is 1.93. The minimum atomic E-state index is -0.398. The van der Waals surface area contributed by atoms with Crippen molar-refractivity contribution in [2.75, 3.05) is 5.32 Å². The normalized spacial score (nSPS) is 12.1. The zero-order valence-corrected chi connectivity index (χ0v) is 14.3. The van der Waals surface area contributed by atoms with Crippen LogP contribution < -0.4 is 11.0 Å². The van der Waals surface area contributed by atoms with Crippen molar-refractivity contribution in [3.63, 3.8) is 0 Å². The summed E-state index contributed by atoms with van der Waals surface area (Å²) in [6.07, 6.45) is 6.46. The summed E-state index contributed by atoms with van der Waals surface area (Å²) in [6, 6.07) is 6.97.